The summed E-state index contributed by atoms with van der Waals surface area (Å²) in [4.78, 5) is 8.23. The summed E-state index contributed by atoms with van der Waals surface area (Å²) in [5.41, 5.74) is 0. The third-order valence-corrected chi connectivity index (χ3v) is 3.19. The van der Waals surface area contributed by atoms with Gasteiger partial charge in [-0.05, 0) is 45.2 Å². The second-order valence-electron chi connectivity index (χ2n) is 4.60. The molecule has 0 radical (unpaired) electrons. The van der Waals surface area contributed by atoms with Crippen LogP contribution in [0, 0.1) is 5.92 Å². The Bertz CT molecular complexity index is 353. The van der Waals surface area contributed by atoms with Crippen molar-refractivity contribution in [3.05, 3.63) is 12.4 Å². The third kappa shape index (κ3) is 4.14. The second-order valence-corrected chi connectivity index (χ2v) is 4.60. The van der Waals surface area contributed by atoms with E-state index in [1.165, 1.54) is 32.1 Å². The second kappa shape index (κ2) is 7.16. The zero-order valence-corrected chi connectivity index (χ0v) is 11.0. The van der Waals surface area contributed by atoms with Crippen LogP contribution in [0.5, 0.6) is 5.88 Å². The van der Waals surface area contributed by atoms with Crippen LogP contribution in [0.2, 0.25) is 0 Å². The molecule has 1 aliphatic heterocycles. The molecule has 0 aliphatic carbocycles. The van der Waals surface area contributed by atoms with Crippen molar-refractivity contribution in [2.75, 3.05) is 31.6 Å². The molecule has 1 aliphatic rings. The van der Waals surface area contributed by atoms with Crippen molar-refractivity contribution in [2.24, 2.45) is 5.92 Å². The average Bonchev–Trinajstić information content (AvgIpc) is 2.41. The maximum Gasteiger partial charge on any atom is 0.218 e. The van der Waals surface area contributed by atoms with Gasteiger partial charge in [0.05, 0.1) is 6.61 Å². The van der Waals surface area contributed by atoms with Gasteiger partial charge in [0.15, 0.2) is 0 Å². The molecule has 1 saturated heterocycles. The van der Waals surface area contributed by atoms with E-state index in [1.54, 1.807) is 0 Å². The van der Waals surface area contributed by atoms with E-state index in [0.717, 1.165) is 24.8 Å². The minimum Gasteiger partial charge on any atom is -0.478 e. The fourth-order valence-corrected chi connectivity index (χ4v) is 2.24. The topological polar surface area (TPSA) is 59.1 Å². The number of nitrogens with one attached hydrogen (secondary N) is 2. The van der Waals surface area contributed by atoms with Gasteiger partial charge in [-0.2, -0.15) is 0 Å². The van der Waals surface area contributed by atoms with E-state index < -0.39 is 0 Å². The molecule has 100 valence electrons. The lowest BCUT2D eigenvalue weighted by molar-refractivity contribution is 0.326. The fourth-order valence-electron chi connectivity index (χ4n) is 2.24. The molecule has 0 spiro atoms. The maximum absolute atomic E-state index is 5.34. The number of nitrogens with zero attached hydrogens (tertiary/aromatic N) is 2. The molecule has 1 aromatic rings. The molecule has 2 N–H and O–H groups in total. The van der Waals surface area contributed by atoms with Crippen LogP contribution in [0.25, 0.3) is 0 Å². The highest BCUT2D eigenvalue weighted by molar-refractivity contribution is 5.36. The summed E-state index contributed by atoms with van der Waals surface area (Å²) in [5.74, 6) is 2.27. The van der Waals surface area contributed by atoms with Gasteiger partial charge in [-0.15, -0.1) is 0 Å². The normalized spacial score (nSPS) is 19.5. The van der Waals surface area contributed by atoms with Gasteiger partial charge in [-0.3, -0.25) is 0 Å². The van der Waals surface area contributed by atoms with Crippen LogP contribution in [0.15, 0.2) is 12.4 Å². The number of rotatable bonds is 6. The number of hydrogen-bond acceptors (Lipinski definition) is 5. The molecule has 1 atom stereocenters. The Morgan fingerprint density at radius 2 is 2.44 bits per heavy atom. The van der Waals surface area contributed by atoms with Crippen molar-refractivity contribution in [2.45, 2.75) is 26.2 Å². The van der Waals surface area contributed by atoms with E-state index in [-0.39, 0.29) is 0 Å². The van der Waals surface area contributed by atoms with E-state index in [1.807, 2.05) is 13.0 Å². The summed E-state index contributed by atoms with van der Waals surface area (Å²) in [6.07, 6.45) is 5.35. The summed E-state index contributed by atoms with van der Waals surface area (Å²) in [5, 5.41) is 6.77. The zero-order chi connectivity index (χ0) is 12.6. The molecule has 2 heterocycles. The van der Waals surface area contributed by atoms with Crippen molar-refractivity contribution in [3.63, 3.8) is 0 Å². The van der Waals surface area contributed by atoms with Gasteiger partial charge in [-0.25, -0.2) is 9.97 Å². The third-order valence-electron chi connectivity index (χ3n) is 3.19. The molecule has 2 rings (SSSR count). The predicted octanol–water partition coefficient (Wildman–Crippen LogP) is 1.68. The Labute approximate surface area is 108 Å². The van der Waals surface area contributed by atoms with Gasteiger partial charge in [-0.1, -0.05) is 0 Å². The Hall–Kier alpha value is -1.36. The predicted molar refractivity (Wildman–Crippen MR) is 71.9 cm³/mol. The van der Waals surface area contributed by atoms with Gasteiger partial charge >= 0.3 is 0 Å². The van der Waals surface area contributed by atoms with Crippen LogP contribution in [0.1, 0.15) is 26.2 Å². The molecular weight excluding hydrogens is 228 g/mol. The van der Waals surface area contributed by atoms with Crippen molar-refractivity contribution in [3.8, 4) is 5.88 Å². The first-order valence-electron chi connectivity index (χ1n) is 6.78. The Morgan fingerprint density at radius 1 is 1.50 bits per heavy atom. The Morgan fingerprint density at radius 3 is 3.22 bits per heavy atom. The Balaban J connectivity index is 1.73. The monoisotopic (exact) mass is 250 g/mol. The number of ether oxygens (including phenoxy) is 1. The molecule has 5 heteroatoms. The Kier molecular flexibility index (Phi) is 5.20. The molecule has 1 aromatic heterocycles. The fraction of sp³-hybridized carbons (Fsp3) is 0.692. The van der Waals surface area contributed by atoms with Gasteiger partial charge in [0, 0.05) is 12.6 Å². The van der Waals surface area contributed by atoms with Gasteiger partial charge in [0.25, 0.3) is 0 Å². The molecule has 0 aromatic carbocycles. The van der Waals surface area contributed by atoms with Crippen molar-refractivity contribution < 1.29 is 4.74 Å². The lowest BCUT2D eigenvalue weighted by Gasteiger charge is -2.22. The smallest absolute Gasteiger partial charge is 0.218 e. The standard InChI is InChI=1S/C13H22N4O/c1-2-18-13-8-12(16-10-17-13)15-7-5-11-4-3-6-14-9-11/h8,10-11,14H,2-7,9H2,1H3,(H,15,16,17). The quantitative estimate of drug-likeness (QED) is 0.804. The van der Waals surface area contributed by atoms with Gasteiger partial charge in [0.2, 0.25) is 5.88 Å². The van der Waals surface area contributed by atoms with Crippen LogP contribution in [0.4, 0.5) is 5.82 Å². The first-order valence-corrected chi connectivity index (χ1v) is 6.78. The largest absolute Gasteiger partial charge is 0.478 e. The summed E-state index contributed by atoms with van der Waals surface area (Å²) in [6, 6.07) is 1.85. The molecular formula is C13H22N4O. The van der Waals surface area contributed by atoms with E-state index in [0.29, 0.717) is 12.5 Å². The molecule has 0 amide bonds. The minimum absolute atomic E-state index is 0.629. The SMILES string of the molecule is CCOc1cc(NCCC2CCCNC2)ncn1. The number of aromatic nitrogens is 2. The maximum atomic E-state index is 5.34. The van der Waals surface area contributed by atoms with Crippen molar-refractivity contribution in [1.29, 1.82) is 0 Å². The first kappa shape index (κ1) is 13.1. The van der Waals surface area contributed by atoms with Crippen LogP contribution in [-0.4, -0.2) is 36.2 Å². The van der Waals surface area contributed by atoms with Crippen molar-refractivity contribution >= 4 is 5.82 Å². The molecule has 1 fully saturated rings. The summed E-state index contributed by atoms with van der Waals surface area (Å²) in [7, 11) is 0. The van der Waals surface area contributed by atoms with Gasteiger partial charge in [0.1, 0.15) is 12.1 Å². The van der Waals surface area contributed by atoms with Crippen LogP contribution >= 0.6 is 0 Å². The summed E-state index contributed by atoms with van der Waals surface area (Å²) >= 11 is 0. The van der Waals surface area contributed by atoms with Gasteiger partial charge < -0.3 is 15.4 Å². The van der Waals surface area contributed by atoms with Crippen molar-refractivity contribution in [1.82, 2.24) is 15.3 Å². The summed E-state index contributed by atoms with van der Waals surface area (Å²) in [6.45, 7) is 5.85. The van der Waals surface area contributed by atoms with E-state index in [2.05, 4.69) is 20.6 Å². The molecule has 18 heavy (non-hydrogen) atoms. The van der Waals surface area contributed by atoms with Crippen LogP contribution in [0.3, 0.4) is 0 Å². The first-order chi connectivity index (χ1) is 8.88. The van der Waals surface area contributed by atoms with E-state index in [9.17, 15) is 0 Å². The molecule has 0 saturated carbocycles. The lowest BCUT2D eigenvalue weighted by atomic mass is 9.96. The number of hydrogen-bond donors (Lipinski definition) is 2. The average molecular weight is 250 g/mol. The highest BCUT2D eigenvalue weighted by atomic mass is 16.5. The highest BCUT2D eigenvalue weighted by Gasteiger charge is 2.12. The minimum atomic E-state index is 0.629. The van der Waals surface area contributed by atoms with E-state index in [4.69, 9.17) is 4.74 Å². The van der Waals surface area contributed by atoms with E-state index >= 15 is 0 Å². The zero-order valence-electron chi connectivity index (χ0n) is 11.0. The molecule has 5 nitrogen and oxygen atoms in total. The molecule has 0 bridgehead atoms. The highest BCUT2D eigenvalue weighted by Crippen LogP contribution is 2.15. The van der Waals surface area contributed by atoms with Crippen LogP contribution < -0.4 is 15.4 Å². The number of anilines is 1. The lowest BCUT2D eigenvalue weighted by Crippen LogP contribution is -2.30. The number of piperidine rings is 1. The molecule has 1 unspecified atom stereocenters. The summed E-state index contributed by atoms with van der Waals surface area (Å²) < 4.78 is 5.34. The van der Waals surface area contributed by atoms with Crippen LogP contribution in [-0.2, 0) is 0 Å².